The quantitative estimate of drug-likeness (QED) is 0.758. The third-order valence-corrected chi connectivity index (χ3v) is 4.13. The predicted octanol–water partition coefficient (Wildman–Crippen LogP) is 2.90. The van der Waals surface area contributed by atoms with E-state index >= 15 is 0 Å². The molecule has 7 heteroatoms. The molecule has 2 rings (SSSR count). The third-order valence-electron chi connectivity index (χ3n) is 3.27. The molecule has 0 radical (unpaired) electrons. The number of amides is 2. The summed E-state index contributed by atoms with van der Waals surface area (Å²) in [5.41, 5.74) is 1.80. The molecule has 2 amide bonds. The number of aromatic nitrogens is 2. The average Bonchev–Trinajstić information content (AvgIpc) is 2.91. The molecule has 0 bridgehead atoms. The van der Waals surface area contributed by atoms with Crippen LogP contribution in [0.15, 0.2) is 24.3 Å². The number of carbonyl (C=O) groups excluding carboxylic acids is 1. The monoisotopic (exact) mass is 334 g/mol. The van der Waals surface area contributed by atoms with Crippen molar-refractivity contribution in [1.82, 2.24) is 15.5 Å². The third kappa shape index (κ3) is 5.30. The fourth-order valence-electron chi connectivity index (χ4n) is 2.14. The van der Waals surface area contributed by atoms with Gasteiger partial charge in [-0.2, -0.15) is 0 Å². The van der Waals surface area contributed by atoms with Crippen molar-refractivity contribution in [2.75, 3.05) is 11.9 Å². The highest BCUT2D eigenvalue weighted by Crippen LogP contribution is 2.18. The average molecular weight is 334 g/mol. The number of aryl methyl sites for hydroxylation is 1. The topological polar surface area (TPSA) is 87.1 Å². The number of hydrogen-bond acceptors (Lipinski definition) is 5. The van der Waals surface area contributed by atoms with Gasteiger partial charge in [-0.3, -0.25) is 5.32 Å². The summed E-state index contributed by atoms with van der Waals surface area (Å²) in [7, 11) is 0. The summed E-state index contributed by atoms with van der Waals surface area (Å²) in [6.45, 7) is 6.27. The number of aliphatic hydroxyl groups excluding tert-OH is 1. The molecule has 1 aromatic carbocycles. The molecule has 0 aliphatic rings. The van der Waals surface area contributed by atoms with Crippen LogP contribution in [0.2, 0.25) is 0 Å². The Hall–Kier alpha value is -1.99. The van der Waals surface area contributed by atoms with E-state index in [2.05, 4.69) is 34.7 Å². The molecule has 1 unspecified atom stereocenters. The van der Waals surface area contributed by atoms with Gasteiger partial charge in [0.25, 0.3) is 0 Å². The Morgan fingerprint density at radius 3 is 2.74 bits per heavy atom. The molecule has 2 aromatic rings. The molecule has 124 valence electrons. The van der Waals surface area contributed by atoms with Gasteiger partial charge in [0.1, 0.15) is 5.01 Å². The zero-order chi connectivity index (χ0) is 16.8. The maximum absolute atomic E-state index is 11.9. The van der Waals surface area contributed by atoms with Crippen LogP contribution in [0.1, 0.15) is 36.1 Å². The Morgan fingerprint density at radius 1 is 1.30 bits per heavy atom. The van der Waals surface area contributed by atoms with Crippen LogP contribution in [0.3, 0.4) is 0 Å². The standard InChI is InChI=1S/C16H22N4O2S/c1-10(2)8-14-19-20-16(23-14)18-15(22)17-9-13(21)12-7-5-4-6-11(12)3/h4-7,10,13,21H,8-9H2,1-3H3,(H2,17,18,20,22). The number of nitrogens with zero attached hydrogens (tertiary/aromatic N) is 2. The van der Waals surface area contributed by atoms with Crippen LogP contribution in [0.25, 0.3) is 0 Å². The van der Waals surface area contributed by atoms with Gasteiger partial charge in [-0.05, 0) is 24.0 Å². The van der Waals surface area contributed by atoms with Crippen molar-refractivity contribution in [3.63, 3.8) is 0 Å². The number of aliphatic hydroxyl groups is 1. The van der Waals surface area contributed by atoms with E-state index in [1.54, 1.807) is 0 Å². The Labute approximate surface area is 140 Å². The van der Waals surface area contributed by atoms with E-state index in [1.165, 1.54) is 11.3 Å². The number of carbonyl (C=O) groups is 1. The van der Waals surface area contributed by atoms with Crippen LogP contribution in [-0.2, 0) is 6.42 Å². The highest BCUT2D eigenvalue weighted by atomic mass is 32.1. The number of urea groups is 1. The highest BCUT2D eigenvalue weighted by Gasteiger charge is 2.13. The number of hydrogen-bond donors (Lipinski definition) is 3. The van der Waals surface area contributed by atoms with E-state index in [1.807, 2.05) is 31.2 Å². The fourth-order valence-corrected chi connectivity index (χ4v) is 3.08. The van der Waals surface area contributed by atoms with Crippen LogP contribution in [-0.4, -0.2) is 27.9 Å². The van der Waals surface area contributed by atoms with Crippen molar-refractivity contribution >= 4 is 22.5 Å². The first kappa shape index (κ1) is 17.4. The lowest BCUT2D eigenvalue weighted by molar-refractivity contribution is 0.174. The van der Waals surface area contributed by atoms with Gasteiger partial charge in [0.2, 0.25) is 5.13 Å². The largest absolute Gasteiger partial charge is 0.387 e. The summed E-state index contributed by atoms with van der Waals surface area (Å²) in [4.78, 5) is 11.9. The van der Waals surface area contributed by atoms with E-state index in [9.17, 15) is 9.90 Å². The molecule has 0 fully saturated rings. The molecule has 0 aliphatic carbocycles. The summed E-state index contributed by atoms with van der Waals surface area (Å²) in [5, 5.41) is 24.8. The second-order valence-electron chi connectivity index (χ2n) is 5.81. The van der Waals surface area contributed by atoms with Crippen LogP contribution >= 0.6 is 11.3 Å². The van der Waals surface area contributed by atoms with Gasteiger partial charge in [0.15, 0.2) is 0 Å². The first-order valence-electron chi connectivity index (χ1n) is 7.56. The molecular weight excluding hydrogens is 312 g/mol. The number of benzene rings is 1. The lowest BCUT2D eigenvalue weighted by Crippen LogP contribution is -2.32. The summed E-state index contributed by atoms with van der Waals surface area (Å²) in [6, 6.07) is 7.15. The Balaban J connectivity index is 1.83. The summed E-state index contributed by atoms with van der Waals surface area (Å²) in [5.74, 6) is 0.494. The molecule has 0 saturated carbocycles. The maximum Gasteiger partial charge on any atom is 0.321 e. The number of anilines is 1. The van der Waals surface area contributed by atoms with Crippen molar-refractivity contribution in [3.8, 4) is 0 Å². The summed E-state index contributed by atoms with van der Waals surface area (Å²) >= 11 is 1.37. The van der Waals surface area contributed by atoms with Crippen LogP contribution in [0, 0.1) is 12.8 Å². The summed E-state index contributed by atoms with van der Waals surface area (Å²) in [6.07, 6.45) is 0.0975. The first-order chi connectivity index (χ1) is 11.0. The van der Waals surface area contributed by atoms with Crippen LogP contribution < -0.4 is 10.6 Å². The van der Waals surface area contributed by atoms with Crippen molar-refractivity contribution in [3.05, 3.63) is 40.4 Å². The first-order valence-corrected chi connectivity index (χ1v) is 8.38. The van der Waals surface area contributed by atoms with Crippen LogP contribution in [0.5, 0.6) is 0 Å². The van der Waals surface area contributed by atoms with Gasteiger partial charge < -0.3 is 10.4 Å². The van der Waals surface area contributed by atoms with Crippen LogP contribution in [0.4, 0.5) is 9.93 Å². The number of nitrogens with one attached hydrogen (secondary N) is 2. The van der Waals surface area contributed by atoms with Crippen molar-refractivity contribution in [2.24, 2.45) is 5.92 Å². The van der Waals surface area contributed by atoms with Gasteiger partial charge in [-0.15, -0.1) is 10.2 Å². The van der Waals surface area contributed by atoms with Gasteiger partial charge >= 0.3 is 6.03 Å². The molecule has 0 spiro atoms. The van der Waals surface area contributed by atoms with Gasteiger partial charge in [-0.1, -0.05) is 49.4 Å². The molecule has 23 heavy (non-hydrogen) atoms. The van der Waals surface area contributed by atoms with E-state index < -0.39 is 12.1 Å². The molecule has 0 saturated heterocycles. The molecular formula is C16H22N4O2S. The lowest BCUT2D eigenvalue weighted by atomic mass is 10.0. The van der Waals surface area contributed by atoms with Gasteiger partial charge in [0.05, 0.1) is 6.10 Å². The second-order valence-corrected chi connectivity index (χ2v) is 6.87. The number of rotatable bonds is 6. The maximum atomic E-state index is 11.9. The lowest BCUT2D eigenvalue weighted by Gasteiger charge is -2.14. The van der Waals surface area contributed by atoms with E-state index in [0.29, 0.717) is 11.0 Å². The SMILES string of the molecule is Cc1ccccc1C(O)CNC(=O)Nc1nnc(CC(C)C)s1. The highest BCUT2D eigenvalue weighted by molar-refractivity contribution is 7.15. The molecule has 1 heterocycles. The molecule has 3 N–H and O–H groups in total. The van der Waals surface area contributed by atoms with Crippen molar-refractivity contribution in [2.45, 2.75) is 33.3 Å². The van der Waals surface area contributed by atoms with Crippen molar-refractivity contribution in [1.29, 1.82) is 0 Å². The molecule has 0 aliphatic heterocycles. The normalized spacial score (nSPS) is 12.2. The summed E-state index contributed by atoms with van der Waals surface area (Å²) < 4.78 is 0. The molecule has 1 aromatic heterocycles. The Kier molecular flexibility index (Phi) is 6.06. The minimum atomic E-state index is -0.743. The zero-order valence-electron chi connectivity index (χ0n) is 13.5. The zero-order valence-corrected chi connectivity index (χ0v) is 14.4. The van der Waals surface area contributed by atoms with Crippen molar-refractivity contribution < 1.29 is 9.90 Å². The van der Waals surface area contributed by atoms with E-state index in [-0.39, 0.29) is 6.54 Å². The molecule has 1 atom stereocenters. The minimum Gasteiger partial charge on any atom is -0.387 e. The second kappa shape index (κ2) is 8.03. The smallest absolute Gasteiger partial charge is 0.321 e. The Bertz CT molecular complexity index is 657. The van der Waals surface area contributed by atoms with E-state index in [0.717, 1.165) is 22.6 Å². The Morgan fingerprint density at radius 2 is 2.04 bits per heavy atom. The van der Waals surface area contributed by atoms with Gasteiger partial charge in [-0.25, -0.2) is 4.79 Å². The van der Waals surface area contributed by atoms with E-state index in [4.69, 9.17) is 0 Å². The van der Waals surface area contributed by atoms with Gasteiger partial charge in [0, 0.05) is 13.0 Å². The predicted molar refractivity (Wildman–Crippen MR) is 91.6 cm³/mol. The fraction of sp³-hybridized carbons (Fsp3) is 0.438. The minimum absolute atomic E-state index is 0.133. The molecule has 6 nitrogen and oxygen atoms in total.